The largest absolute Gasteiger partial charge is 0.219 e. The molecule has 3 heterocycles. The molecule has 74 valence electrons. The zero-order valence-electron chi connectivity index (χ0n) is 7.59. The van der Waals surface area contributed by atoms with E-state index in [1.807, 2.05) is 35.8 Å². The van der Waals surface area contributed by atoms with Crippen molar-refractivity contribution in [1.29, 1.82) is 0 Å². The van der Waals surface area contributed by atoms with Gasteiger partial charge >= 0.3 is 0 Å². The van der Waals surface area contributed by atoms with E-state index in [2.05, 4.69) is 10.1 Å². The van der Waals surface area contributed by atoms with Crippen LogP contribution in [0.25, 0.3) is 16.3 Å². The minimum atomic E-state index is 0.618. The average Bonchev–Trinajstić information content (AvgIpc) is 2.86. The Hall–Kier alpha value is -1.39. The minimum Gasteiger partial charge on any atom is -0.219 e. The molecule has 3 aromatic rings. The molecule has 3 nitrogen and oxygen atoms in total. The maximum absolute atomic E-state index is 6.01. The van der Waals surface area contributed by atoms with E-state index in [9.17, 15) is 0 Å². The predicted molar refractivity (Wildman–Crippen MR) is 61.3 cm³/mol. The molecule has 5 heteroatoms. The summed E-state index contributed by atoms with van der Waals surface area (Å²) in [7, 11) is 0. The van der Waals surface area contributed by atoms with Crippen LogP contribution in [0, 0.1) is 0 Å². The number of rotatable bonds is 1. The van der Waals surface area contributed by atoms with Gasteiger partial charge in [-0.05, 0) is 23.6 Å². The predicted octanol–water partition coefficient (Wildman–Crippen LogP) is 3.11. The van der Waals surface area contributed by atoms with E-state index in [-0.39, 0.29) is 0 Å². The van der Waals surface area contributed by atoms with Crippen molar-refractivity contribution in [1.82, 2.24) is 14.6 Å². The number of fused-ring (bicyclic) bond motifs is 1. The highest BCUT2D eigenvalue weighted by molar-refractivity contribution is 7.13. The van der Waals surface area contributed by atoms with Crippen LogP contribution in [0.2, 0.25) is 5.02 Å². The van der Waals surface area contributed by atoms with E-state index in [1.165, 1.54) is 0 Å². The fourth-order valence-electron chi connectivity index (χ4n) is 1.38. The molecular formula is C10H6ClN3S. The van der Waals surface area contributed by atoms with Gasteiger partial charge in [0.25, 0.3) is 0 Å². The summed E-state index contributed by atoms with van der Waals surface area (Å²) in [6.45, 7) is 0. The van der Waals surface area contributed by atoms with E-state index >= 15 is 0 Å². The van der Waals surface area contributed by atoms with Crippen molar-refractivity contribution in [2.24, 2.45) is 0 Å². The van der Waals surface area contributed by atoms with Gasteiger partial charge in [0.2, 0.25) is 0 Å². The molecule has 0 atom stereocenters. The van der Waals surface area contributed by atoms with Crippen molar-refractivity contribution in [3.8, 4) is 10.7 Å². The molecule has 0 amide bonds. The second-order valence-corrected chi connectivity index (χ2v) is 4.39. The van der Waals surface area contributed by atoms with Gasteiger partial charge in [-0.3, -0.25) is 0 Å². The Balaban J connectivity index is 2.27. The molecule has 0 spiro atoms. The highest BCUT2D eigenvalue weighted by Gasteiger charge is 2.08. The molecule has 15 heavy (non-hydrogen) atoms. The summed E-state index contributed by atoms with van der Waals surface area (Å²) in [5.41, 5.74) is 0.697. The Morgan fingerprint density at radius 2 is 2.20 bits per heavy atom. The molecule has 0 saturated carbocycles. The maximum atomic E-state index is 6.01. The molecule has 0 saturated heterocycles. The van der Waals surface area contributed by atoms with Crippen LogP contribution in [-0.2, 0) is 0 Å². The summed E-state index contributed by atoms with van der Waals surface area (Å²) >= 11 is 7.63. The van der Waals surface area contributed by atoms with Crippen molar-refractivity contribution < 1.29 is 0 Å². The number of pyridine rings is 1. The SMILES string of the molecule is Clc1cccn2nc(-c3cccs3)nc12. The first-order valence-corrected chi connectivity index (χ1v) is 5.65. The Morgan fingerprint density at radius 1 is 1.27 bits per heavy atom. The van der Waals surface area contributed by atoms with E-state index in [4.69, 9.17) is 11.6 Å². The van der Waals surface area contributed by atoms with Crippen LogP contribution in [0.4, 0.5) is 0 Å². The zero-order valence-corrected chi connectivity index (χ0v) is 9.16. The van der Waals surface area contributed by atoms with E-state index < -0.39 is 0 Å². The number of halogens is 1. The summed E-state index contributed by atoms with van der Waals surface area (Å²) in [6, 6.07) is 7.63. The Bertz CT molecular complexity index is 600. The van der Waals surface area contributed by atoms with Gasteiger partial charge in [0.05, 0.1) is 9.90 Å². The van der Waals surface area contributed by atoms with Crippen LogP contribution >= 0.6 is 22.9 Å². The number of nitrogens with zero attached hydrogens (tertiary/aromatic N) is 3. The van der Waals surface area contributed by atoms with Gasteiger partial charge in [-0.1, -0.05) is 17.7 Å². The molecule has 0 fully saturated rings. The second kappa shape index (κ2) is 3.32. The second-order valence-electron chi connectivity index (χ2n) is 3.04. The molecular weight excluding hydrogens is 230 g/mol. The van der Waals surface area contributed by atoms with Crippen molar-refractivity contribution in [3.63, 3.8) is 0 Å². The number of aromatic nitrogens is 3. The van der Waals surface area contributed by atoms with Crippen molar-refractivity contribution in [3.05, 3.63) is 40.9 Å². The van der Waals surface area contributed by atoms with Gasteiger partial charge < -0.3 is 0 Å². The Labute approximate surface area is 95.0 Å². The molecule has 0 aliphatic rings. The van der Waals surface area contributed by atoms with Crippen LogP contribution in [0.5, 0.6) is 0 Å². The molecule has 0 bridgehead atoms. The summed E-state index contributed by atoms with van der Waals surface area (Å²) in [4.78, 5) is 5.44. The van der Waals surface area contributed by atoms with Gasteiger partial charge in [0.1, 0.15) is 0 Å². The molecule has 0 aliphatic carbocycles. The third kappa shape index (κ3) is 1.42. The molecule has 0 N–H and O–H groups in total. The lowest BCUT2D eigenvalue weighted by Crippen LogP contribution is -1.85. The summed E-state index contributed by atoms with van der Waals surface area (Å²) in [5, 5.41) is 6.97. The molecule has 0 unspecified atom stereocenters. The van der Waals surface area contributed by atoms with Crippen molar-refractivity contribution in [2.75, 3.05) is 0 Å². The quantitative estimate of drug-likeness (QED) is 0.649. The standard InChI is InChI=1S/C10H6ClN3S/c11-7-3-1-5-14-10(7)12-9(13-14)8-4-2-6-15-8/h1-6H. The molecule has 3 rings (SSSR count). The summed E-state index contributed by atoms with van der Waals surface area (Å²) in [6.07, 6.45) is 1.84. The lowest BCUT2D eigenvalue weighted by Gasteiger charge is -1.90. The molecule has 0 aromatic carbocycles. The molecule has 0 radical (unpaired) electrons. The van der Waals surface area contributed by atoms with Crippen LogP contribution < -0.4 is 0 Å². The first kappa shape index (κ1) is 8.88. The summed E-state index contributed by atoms with van der Waals surface area (Å²) < 4.78 is 1.69. The first-order chi connectivity index (χ1) is 7.34. The van der Waals surface area contributed by atoms with Gasteiger partial charge in [0, 0.05) is 6.20 Å². The molecule has 3 aromatic heterocycles. The number of hydrogen-bond donors (Lipinski definition) is 0. The van der Waals surface area contributed by atoms with Gasteiger partial charge in [-0.25, -0.2) is 9.50 Å². The third-order valence-corrected chi connectivity index (χ3v) is 3.22. The number of thiophene rings is 1. The van der Waals surface area contributed by atoms with Crippen molar-refractivity contribution in [2.45, 2.75) is 0 Å². The Kier molecular flexibility index (Phi) is 1.97. The van der Waals surface area contributed by atoms with E-state index in [0.29, 0.717) is 10.7 Å². The monoisotopic (exact) mass is 235 g/mol. The van der Waals surface area contributed by atoms with Crippen LogP contribution in [0.15, 0.2) is 35.8 Å². The smallest absolute Gasteiger partial charge is 0.192 e. The lowest BCUT2D eigenvalue weighted by molar-refractivity contribution is 0.967. The highest BCUT2D eigenvalue weighted by Crippen LogP contribution is 2.23. The topological polar surface area (TPSA) is 30.2 Å². The first-order valence-electron chi connectivity index (χ1n) is 4.39. The van der Waals surface area contributed by atoms with Crippen LogP contribution in [0.3, 0.4) is 0 Å². The van der Waals surface area contributed by atoms with Gasteiger partial charge in [-0.15, -0.1) is 16.4 Å². The Morgan fingerprint density at radius 3 is 2.93 bits per heavy atom. The number of hydrogen-bond acceptors (Lipinski definition) is 3. The highest BCUT2D eigenvalue weighted by atomic mass is 35.5. The average molecular weight is 236 g/mol. The zero-order chi connectivity index (χ0) is 10.3. The normalized spacial score (nSPS) is 11.0. The van der Waals surface area contributed by atoms with Crippen LogP contribution in [0.1, 0.15) is 0 Å². The fourth-order valence-corrected chi connectivity index (χ4v) is 2.24. The summed E-state index contributed by atoms with van der Waals surface area (Å²) in [5.74, 6) is 0.720. The third-order valence-electron chi connectivity index (χ3n) is 2.06. The lowest BCUT2D eigenvalue weighted by atomic mass is 10.4. The van der Waals surface area contributed by atoms with Crippen molar-refractivity contribution >= 4 is 28.6 Å². The van der Waals surface area contributed by atoms with E-state index in [1.54, 1.807) is 15.9 Å². The fraction of sp³-hybridized carbons (Fsp3) is 0. The van der Waals surface area contributed by atoms with Gasteiger partial charge in [-0.2, -0.15) is 0 Å². The van der Waals surface area contributed by atoms with Gasteiger partial charge in [0.15, 0.2) is 11.5 Å². The molecule has 0 aliphatic heterocycles. The van der Waals surface area contributed by atoms with Crippen LogP contribution in [-0.4, -0.2) is 14.6 Å². The minimum absolute atomic E-state index is 0.618. The maximum Gasteiger partial charge on any atom is 0.192 e. The van der Waals surface area contributed by atoms with E-state index in [0.717, 1.165) is 10.7 Å².